The molecule has 0 aromatic rings. The van der Waals surface area contributed by atoms with Gasteiger partial charge in [-0.05, 0) is 12.8 Å². The van der Waals surface area contributed by atoms with Crippen molar-refractivity contribution >= 4 is 5.91 Å². The smallest absolute Gasteiger partial charge is 0.220 e. The summed E-state index contributed by atoms with van der Waals surface area (Å²) in [5, 5.41) is 33.3. The molecule has 0 saturated carbocycles. The lowest BCUT2D eigenvalue weighted by molar-refractivity contribution is -0.124. The molecular weight excluding hydrogens is 510 g/mol. The molecule has 246 valence electrons. The van der Waals surface area contributed by atoms with Crippen molar-refractivity contribution < 1.29 is 20.1 Å². The van der Waals surface area contributed by atoms with E-state index in [0.29, 0.717) is 12.8 Å². The van der Waals surface area contributed by atoms with Gasteiger partial charge in [-0.15, -0.1) is 0 Å². The molecule has 0 heterocycles. The normalized spacial score (nSPS) is 13.8. The Balaban J connectivity index is 3.64. The third kappa shape index (κ3) is 27.9. The minimum Gasteiger partial charge on any atom is -0.394 e. The quantitative estimate of drug-likeness (QED) is 0.0579. The Kier molecular flexibility index (Phi) is 31.8. The van der Waals surface area contributed by atoms with E-state index in [1.165, 1.54) is 141 Å². The van der Waals surface area contributed by atoms with Crippen LogP contribution in [-0.4, -0.2) is 46.1 Å². The lowest BCUT2D eigenvalue weighted by Gasteiger charge is -2.26. The summed E-state index contributed by atoms with van der Waals surface area (Å²) >= 11 is 0. The summed E-state index contributed by atoms with van der Waals surface area (Å²) in [5.74, 6) is -0.146. The van der Waals surface area contributed by atoms with Crippen LogP contribution in [0.5, 0.6) is 0 Å². The number of unbranched alkanes of at least 4 members (excludes halogenated alkanes) is 25. The average molecular weight is 584 g/mol. The molecule has 1 amide bonds. The first kappa shape index (κ1) is 40.4. The highest BCUT2D eigenvalue weighted by Gasteiger charge is 2.26. The first-order valence-corrected chi connectivity index (χ1v) is 18.3. The van der Waals surface area contributed by atoms with Crippen molar-refractivity contribution in [3.05, 3.63) is 0 Å². The summed E-state index contributed by atoms with van der Waals surface area (Å²) < 4.78 is 0. The molecule has 0 aliphatic carbocycles. The van der Waals surface area contributed by atoms with Crippen molar-refractivity contribution in [2.24, 2.45) is 0 Å². The van der Waals surface area contributed by atoms with E-state index in [1.807, 2.05) is 0 Å². The first-order valence-electron chi connectivity index (χ1n) is 18.3. The minimum absolute atomic E-state index is 0.146. The van der Waals surface area contributed by atoms with Crippen LogP contribution in [0.15, 0.2) is 0 Å². The Morgan fingerprint density at radius 1 is 0.512 bits per heavy atom. The number of aliphatic hydroxyl groups is 3. The highest BCUT2D eigenvalue weighted by atomic mass is 16.3. The lowest BCUT2D eigenvalue weighted by atomic mass is 9.99. The van der Waals surface area contributed by atoms with E-state index in [-0.39, 0.29) is 12.5 Å². The second-order valence-electron chi connectivity index (χ2n) is 12.8. The second kappa shape index (κ2) is 32.3. The van der Waals surface area contributed by atoms with Gasteiger partial charge in [0.1, 0.15) is 6.10 Å². The van der Waals surface area contributed by atoms with Crippen molar-refractivity contribution in [2.45, 2.75) is 218 Å². The van der Waals surface area contributed by atoms with E-state index in [0.717, 1.165) is 32.1 Å². The largest absolute Gasteiger partial charge is 0.394 e. The predicted molar refractivity (Wildman–Crippen MR) is 176 cm³/mol. The van der Waals surface area contributed by atoms with E-state index >= 15 is 0 Å². The maximum absolute atomic E-state index is 12.3. The molecule has 0 aliphatic heterocycles. The number of rotatable bonds is 33. The molecule has 0 aliphatic rings. The third-order valence-electron chi connectivity index (χ3n) is 8.71. The molecule has 0 aromatic heterocycles. The second-order valence-corrected chi connectivity index (χ2v) is 12.8. The van der Waals surface area contributed by atoms with Crippen LogP contribution >= 0.6 is 0 Å². The van der Waals surface area contributed by atoms with Crippen molar-refractivity contribution in [1.82, 2.24) is 5.32 Å². The van der Waals surface area contributed by atoms with Crippen LogP contribution in [0.25, 0.3) is 0 Å². The van der Waals surface area contributed by atoms with Crippen LogP contribution in [0.3, 0.4) is 0 Å². The Labute approximate surface area is 256 Å². The molecule has 5 nitrogen and oxygen atoms in total. The maximum Gasteiger partial charge on any atom is 0.220 e. The Morgan fingerprint density at radius 3 is 1.17 bits per heavy atom. The van der Waals surface area contributed by atoms with Gasteiger partial charge in [0.15, 0.2) is 0 Å². The lowest BCUT2D eigenvalue weighted by Crippen LogP contribution is -2.50. The third-order valence-corrected chi connectivity index (χ3v) is 8.71. The molecule has 41 heavy (non-hydrogen) atoms. The molecular formula is C36H73NO4. The molecule has 0 radical (unpaired) electrons. The highest BCUT2D eigenvalue weighted by Crippen LogP contribution is 2.16. The van der Waals surface area contributed by atoms with Crippen molar-refractivity contribution in [1.29, 1.82) is 0 Å². The molecule has 0 fully saturated rings. The fourth-order valence-corrected chi connectivity index (χ4v) is 5.81. The van der Waals surface area contributed by atoms with Gasteiger partial charge in [0.25, 0.3) is 0 Å². The Morgan fingerprint density at radius 2 is 0.829 bits per heavy atom. The summed E-state index contributed by atoms with van der Waals surface area (Å²) in [6.07, 6.45) is 33.4. The standard InChI is InChI=1S/C36H73NO4/c1-3-5-7-9-11-13-15-16-17-18-19-20-21-22-24-26-28-30-34(39)36(41)33(32-38)37-35(40)31-29-27-25-23-14-12-10-8-6-4-2/h33-34,36,38-39,41H,3-32H2,1-2H3,(H,37,40). The number of aliphatic hydroxyl groups excluding tert-OH is 3. The number of carbonyl (C=O) groups excluding carboxylic acids is 1. The number of nitrogens with one attached hydrogen (secondary N) is 1. The molecule has 0 saturated heterocycles. The number of amides is 1. The van der Waals surface area contributed by atoms with Crippen molar-refractivity contribution in [3.63, 3.8) is 0 Å². The Bertz CT molecular complexity index is 530. The molecule has 4 N–H and O–H groups in total. The van der Waals surface area contributed by atoms with Crippen LogP contribution in [0, 0.1) is 0 Å². The number of hydrogen-bond donors (Lipinski definition) is 4. The van der Waals surface area contributed by atoms with E-state index < -0.39 is 18.2 Å². The number of carbonyl (C=O) groups is 1. The zero-order valence-electron chi connectivity index (χ0n) is 27.7. The summed E-state index contributed by atoms with van der Waals surface area (Å²) in [6.45, 7) is 4.16. The minimum atomic E-state index is -1.13. The van der Waals surface area contributed by atoms with E-state index in [4.69, 9.17) is 0 Å². The molecule has 5 heteroatoms. The van der Waals surface area contributed by atoms with Crippen molar-refractivity contribution in [3.8, 4) is 0 Å². The van der Waals surface area contributed by atoms with Gasteiger partial charge in [0.2, 0.25) is 5.91 Å². The summed E-state index contributed by atoms with van der Waals surface area (Å²) in [4.78, 5) is 12.3. The van der Waals surface area contributed by atoms with Crippen LogP contribution in [0.4, 0.5) is 0 Å². The molecule has 0 rings (SSSR count). The van der Waals surface area contributed by atoms with Crippen LogP contribution < -0.4 is 5.32 Å². The van der Waals surface area contributed by atoms with Crippen LogP contribution in [0.2, 0.25) is 0 Å². The van der Waals surface area contributed by atoms with E-state index in [1.54, 1.807) is 0 Å². The zero-order valence-corrected chi connectivity index (χ0v) is 27.7. The summed E-state index contributed by atoms with van der Waals surface area (Å²) in [5.41, 5.74) is 0. The van der Waals surface area contributed by atoms with Crippen molar-refractivity contribution in [2.75, 3.05) is 6.61 Å². The van der Waals surface area contributed by atoms with Gasteiger partial charge in [0.05, 0.1) is 18.8 Å². The van der Waals surface area contributed by atoms with Gasteiger partial charge in [-0.3, -0.25) is 4.79 Å². The summed E-state index contributed by atoms with van der Waals surface area (Å²) in [6, 6.07) is -0.800. The van der Waals surface area contributed by atoms with E-state index in [2.05, 4.69) is 19.2 Å². The molecule has 0 bridgehead atoms. The summed E-state index contributed by atoms with van der Waals surface area (Å²) in [7, 11) is 0. The van der Waals surface area contributed by atoms with E-state index in [9.17, 15) is 20.1 Å². The van der Waals surface area contributed by atoms with Gasteiger partial charge in [-0.25, -0.2) is 0 Å². The maximum atomic E-state index is 12.3. The van der Waals surface area contributed by atoms with Gasteiger partial charge in [-0.1, -0.05) is 181 Å². The molecule has 3 atom stereocenters. The SMILES string of the molecule is CCCCCCCCCCCCCCCCCCCC(O)C(O)C(CO)NC(=O)CCCCCCCCCCCC. The van der Waals surface area contributed by atoms with Gasteiger partial charge in [0, 0.05) is 6.42 Å². The topological polar surface area (TPSA) is 89.8 Å². The monoisotopic (exact) mass is 584 g/mol. The van der Waals surface area contributed by atoms with Gasteiger partial charge >= 0.3 is 0 Å². The van der Waals surface area contributed by atoms with Gasteiger partial charge in [-0.2, -0.15) is 0 Å². The first-order chi connectivity index (χ1) is 20.1. The van der Waals surface area contributed by atoms with Crippen LogP contribution in [0.1, 0.15) is 200 Å². The highest BCUT2D eigenvalue weighted by molar-refractivity contribution is 5.76. The van der Waals surface area contributed by atoms with Crippen LogP contribution in [-0.2, 0) is 4.79 Å². The zero-order chi connectivity index (χ0) is 30.2. The predicted octanol–water partition coefficient (Wildman–Crippen LogP) is 9.54. The molecule has 0 spiro atoms. The molecule has 3 unspecified atom stereocenters. The fourth-order valence-electron chi connectivity index (χ4n) is 5.81. The van der Waals surface area contributed by atoms with Gasteiger partial charge < -0.3 is 20.6 Å². The molecule has 0 aromatic carbocycles. The Hall–Kier alpha value is -0.650. The average Bonchev–Trinajstić information content (AvgIpc) is 2.97. The fraction of sp³-hybridized carbons (Fsp3) is 0.972. The number of hydrogen-bond acceptors (Lipinski definition) is 4.